The number of carboxylic acid groups (broad SMARTS) is 1. The highest BCUT2D eigenvalue weighted by Crippen LogP contribution is 2.23. The van der Waals surface area contributed by atoms with E-state index in [9.17, 15) is 4.79 Å². The number of aromatic nitrogens is 3. The van der Waals surface area contributed by atoms with Crippen molar-refractivity contribution in [2.75, 3.05) is 0 Å². The van der Waals surface area contributed by atoms with Crippen molar-refractivity contribution in [3.8, 4) is 22.8 Å². The smallest absolute Gasteiger partial charge is 0.335 e. The molecule has 6 nitrogen and oxygen atoms in total. The third-order valence-electron chi connectivity index (χ3n) is 2.77. The van der Waals surface area contributed by atoms with Gasteiger partial charge in [-0.15, -0.1) is 0 Å². The standard InChI is InChI=1S/C14H8BrN3O3/c15-11-5-10(6-16-7-11)13-17-12(18-21-13)8-1-3-9(4-2-8)14(19)20/h1-7H,(H,19,20). The zero-order chi connectivity index (χ0) is 14.8. The molecule has 0 fully saturated rings. The molecule has 104 valence electrons. The maximum Gasteiger partial charge on any atom is 0.335 e. The van der Waals surface area contributed by atoms with E-state index in [0.29, 0.717) is 22.8 Å². The van der Waals surface area contributed by atoms with Gasteiger partial charge in [-0.25, -0.2) is 4.79 Å². The minimum Gasteiger partial charge on any atom is -0.478 e. The molecule has 0 spiro atoms. The zero-order valence-corrected chi connectivity index (χ0v) is 12.1. The summed E-state index contributed by atoms with van der Waals surface area (Å²) in [6.45, 7) is 0. The zero-order valence-electron chi connectivity index (χ0n) is 10.5. The van der Waals surface area contributed by atoms with Crippen molar-refractivity contribution in [1.29, 1.82) is 0 Å². The average molecular weight is 346 g/mol. The number of carbonyl (C=O) groups is 1. The quantitative estimate of drug-likeness (QED) is 0.783. The molecule has 0 amide bonds. The van der Waals surface area contributed by atoms with E-state index < -0.39 is 5.97 Å². The van der Waals surface area contributed by atoms with Crippen LogP contribution in [0.25, 0.3) is 22.8 Å². The molecule has 1 N–H and O–H groups in total. The van der Waals surface area contributed by atoms with Crippen LogP contribution in [0.4, 0.5) is 0 Å². The fraction of sp³-hybridized carbons (Fsp3) is 0. The molecular weight excluding hydrogens is 338 g/mol. The first-order valence-corrected chi connectivity index (χ1v) is 6.71. The fourth-order valence-electron chi connectivity index (χ4n) is 1.75. The van der Waals surface area contributed by atoms with E-state index in [0.717, 1.165) is 4.47 Å². The minimum atomic E-state index is -0.976. The Kier molecular flexibility index (Phi) is 3.49. The van der Waals surface area contributed by atoms with Crippen molar-refractivity contribution >= 4 is 21.9 Å². The molecule has 0 aliphatic rings. The summed E-state index contributed by atoms with van der Waals surface area (Å²) in [5.41, 5.74) is 1.59. The summed E-state index contributed by atoms with van der Waals surface area (Å²) < 4.78 is 6.01. The summed E-state index contributed by atoms with van der Waals surface area (Å²) in [6.07, 6.45) is 3.28. The van der Waals surface area contributed by atoms with Crippen LogP contribution in [0, 0.1) is 0 Å². The van der Waals surface area contributed by atoms with Crippen LogP contribution in [0.5, 0.6) is 0 Å². The number of hydrogen-bond acceptors (Lipinski definition) is 5. The lowest BCUT2D eigenvalue weighted by molar-refractivity contribution is 0.0697. The largest absolute Gasteiger partial charge is 0.478 e. The number of nitrogens with zero attached hydrogens (tertiary/aromatic N) is 3. The first-order chi connectivity index (χ1) is 10.1. The van der Waals surface area contributed by atoms with Crippen molar-refractivity contribution in [2.45, 2.75) is 0 Å². The molecule has 2 aromatic heterocycles. The van der Waals surface area contributed by atoms with Gasteiger partial charge in [0.1, 0.15) is 0 Å². The molecule has 0 aliphatic heterocycles. The first kappa shape index (κ1) is 13.4. The van der Waals surface area contributed by atoms with E-state index in [-0.39, 0.29) is 5.56 Å². The summed E-state index contributed by atoms with van der Waals surface area (Å²) >= 11 is 3.32. The number of hydrogen-bond donors (Lipinski definition) is 1. The summed E-state index contributed by atoms with van der Waals surface area (Å²) in [5.74, 6) is -0.237. The molecule has 0 radical (unpaired) electrons. The Morgan fingerprint density at radius 2 is 1.90 bits per heavy atom. The topological polar surface area (TPSA) is 89.1 Å². The second kappa shape index (κ2) is 5.45. The predicted octanol–water partition coefficient (Wildman–Crippen LogP) is 3.26. The molecule has 21 heavy (non-hydrogen) atoms. The lowest BCUT2D eigenvalue weighted by atomic mass is 10.1. The van der Waals surface area contributed by atoms with Gasteiger partial charge in [0.2, 0.25) is 5.82 Å². The van der Waals surface area contributed by atoms with Crippen molar-refractivity contribution < 1.29 is 14.4 Å². The number of rotatable bonds is 3. The molecule has 7 heteroatoms. The SMILES string of the molecule is O=C(O)c1ccc(-c2noc(-c3cncc(Br)c3)n2)cc1. The van der Waals surface area contributed by atoms with Crippen LogP contribution in [0.3, 0.4) is 0 Å². The molecule has 3 aromatic rings. The Hall–Kier alpha value is -2.54. The maximum atomic E-state index is 10.8. The van der Waals surface area contributed by atoms with Gasteiger partial charge < -0.3 is 9.63 Å². The predicted molar refractivity (Wildman–Crippen MR) is 77.6 cm³/mol. The summed E-state index contributed by atoms with van der Waals surface area (Å²) in [6, 6.07) is 8.08. The highest BCUT2D eigenvalue weighted by molar-refractivity contribution is 9.10. The van der Waals surface area contributed by atoms with Gasteiger partial charge in [-0.3, -0.25) is 4.98 Å². The highest BCUT2D eigenvalue weighted by Gasteiger charge is 2.12. The summed E-state index contributed by atoms with van der Waals surface area (Å²) in [4.78, 5) is 19.1. The lowest BCUT2D eigenvalue weighted by Crippen LogP contribution is -1.95. The molecule has 1 aromatic carbocycles. The first-order valence-electron chi connectivity index (χ1n) is 5.92. The Morgan fingerprint density at radius 3 is 2.57 bits per heavy atom. The second-order valence-electron chi connectivity index (χ2n) is 4.20. The Labute approximate surface area is 127 Å². The third-order valence-corrected chi connectivity index (χ3v) is 3.20. The number of halogens is 1. The normalized spacial score (nSPS) is 10.5. The van der Waals surface area contributed by atoms with Gasteiger partial charge in [0.15, 0.2) is 0 Å². The van der Waals surface area contributed by atoms with Crippen LogP contribution in [-0.4, -0.2) is 26.2 Å². The maximum absolute atomic E-state index is 10.8. The van der Waals surface area contributed by atoms with Crippen LogP contribution < -0.4 is 0 Å². The van der Waals surface area contributed by atoms with Gasteiger partial charge >= 0.3 is 5.97 Å². The van der Waals surface area contributed by atoms with E-state index in [4.69, 9.17) is 9.63 Å². The number of pyridine rings is 1. The summed E-state index contributed by atoms with van der Waals surface area (Å²) in [7, 11) is 0. The van der Waals surface area contributed by atoms with Gasteiger partial charge in [-0.2, -0.15) is 4.98 Å². The van der Waals surface area contributed by atoms with Crippen LogP contribution in [0.1, 0.15) is 10.4 Å². The van der Waals surface area contributed by atoms with Crippen LogP contribution >= 0.6 is 15.9 Å². The Morgan fingerprint density at radius 1 is 1.14 bits per heavy atom. The fourth-order valence-corrected chi connectivity index (χ4v) is 2.11. The van der Waals surface area contributed by atoms with E-state index in [1.165, 1.54) is 12.1 Å². The van der Waals surface area contributed by atoms with Gasteiger partial charge in [-0.1, -0.05) is 17.3 Å². The van der Waals surface area contributed by atoms with Crippen molar-refractivity contribution in [1.82, 2.24) is 15.1 Å². The van der Waals surface area contributed by atoms with Crippen molar-refractivity contribution in [3.05, 3.63) is 52.8 Å². The minimum absolute atomic E-state index is 0.207. The highest BCUT2D eigenvalue weighted by atomic mass is 79.9. The molecule has 3 rings (SSSR count). The molecule has 2 heterocycles. The van der Waals surface area contributed by atoms with Crippen LogP contribution in [-0.2, 0) is 0 Å². The average Bonchev–Trinajstić information content (AvgIpc) is 2.97. The lowest BCUT2D eigenvalue weighted by Gasteiger charge is -1.96. The number of benzene rings is 1. The van der Waals surface area contributed by atoms with Gasteiger partial charge in [-0.05, 0) is 34.1 Å². The van der Waals surface area contributed by atoms with E-state index in [1.54, 1.807) is 24.5 Å². The van der Waals surface area contributed by atoms with E-state index >= 15 is 0 Å². The van der Waals surface area contributed by atoms with Crippen LogP contribution in [0.2, 0.25) is 0 Å². The molecule has 0 bridgehead atoms. The molecule has 0 atom stereocenters. The van der Waals surface area contributed by atoms with Crippen LogP contribution in [0.15, 0.2) is 51.7 Å². The van der Waals surface area contributed by atoms with Crippen molar-refractivity contribution in [2.24, 2.45) is 0 Å². The number of aromatic carboxylic acids is 1. The molecular formula is C14H8BrN3O3. The van der Waals surface area contributed by atoms with Gasteiger partial charge in [0.25, 0.3) is 5.89 Å². The van der Waals surface area contributed by atoms with Gasteiger partial charge in [0, 0.05) is 22.4 Å². The Balaban J connectivity index is 1.93. The molecule has 0 aliphatic carbocycles. The molecule has 0 saturated carbocycles. The monoisotopic (exact) mass is 345 g/mol. The van der Waals surface area contributed by atoms with E-state index in [1.807, 2.05) is 6.07 Å². The third kappa shape index (κ3) is 2.82. The van der Waals surface area contributed by atoms with E-state index in [2.05, 4.69) is 31.1 Å². The molecule has 0 unspecified atom stereocenters. The number of carboxylic acids is 1. The summed E-state index contributed by atoms with van der Waals surface area (Å²) in [5, 5.41) is 12.8. The van der Waals surface area contributed by atoms with Gasteiger partial charge in [0.05, 0.1) is 11.1 Å². The van der Waals surface area contributed by atoms with Crippen molar-refractivity contribution in [3.63, 3.8) is 0 Å². The Bertz CT molecular complexity index is 799. The second-order valence-corrected chi connectivity index (χ2v) is 5.11. The molecule has 0 saturated heterocycles.